The maximum atomic E-state index is 6.49. The van der Waals surface area contributed by atoms with Crippen molar-refractivity contribution in [1.82, 2.24) is 0 Å². The molecule has 0 amide bonds. The number of aryl methyl sites for hydroxylation is 2. The van der Waals surface area contributed by atoms with E-state index in [0.29, 0.717) is 0 Å². The van der Waals surface area contributed by atoms with Gasteiger partial charge in [0.25, 0.3) is 0 Å². The maximum absolute atomic E-state index is 6.49. The summed E-state index contributed by atoms with van der Waals surface area (Å²) in [4.78, 5) is 0. The van der Waals surface area contributed by atoms with E-state index in [4.69, 9.17) is 8.83 Å². The van der Waals surface area contributed by atoms with Gasteiger partial charge in [-0.2, -0.15) is 0 Å². The average Bonchev–Trinajstić information content (AvgIpc) is 3.31. The van der Waals surface area contributed by atoms with Crippen LogP contribution in [-0.2, 0) is 0 Å². The Morgan fingerprint density at radius 2 is 0.767 bits per heavy atom. The molecule has 0 spiro atoms. The van der Waals surface area contributed by atoms with Gasteiger partial charge in [-0.05, 0) is 48.9 Å². The Bertz CT molecular complexity index is 1680. The molecule has 0 aliphatic heterocycles. The molecule has 142 valence electrons. The van der Waals surface area contributed by atoms with E-state index < -0.39 is 0 Å². The van der Waals surface area contributed by atoms with Gasteiger partial charge in [0.1, 0.15) is 11.2 Å². The zero-order valence-electron chi connectivity index (χ0n) is 16.7. The maximum Gasteiger partial charge on any atom is 0.178 e. The van der Waals surface area contributed by atoms with E-state index in [1.807, 2.05) is 0 Å². The molecule has 0 aliphatic rings. The van der Waals surface area contributed by atoms with Crippen LogP contribution in [0.3, 0.4) is 0 Å². The molecular formula is C28H18O2. The van der Waals surface area contributed by atoms with Crippen LogP contribution >= 0.6 is 0 Å². The Balaban J connectivity index is 1.66. The molecule has 0 unspecified atom stereocenters. The van der Waals surface area contributed by atoms with Crippen molar-refractivity contribution in [2.24, 2.45) is 0 Å². The first-order valence-electron chi connectivity index (χ1n) is 10.3. The van der Waals surface area contributed by atoms with Crippen LogP contribution in [0.4, 0.5) is 0 Å². The standard InChI is InChI=1S/C28H18O2/c1-15-3-7-19-17(13-15)5-9-21-23-11-12-24-22-10-6-18-14-16(2)4-8-20(18)26(22)30-28(24)27(23)29-25(19)21/h3-14H,1-2H3. The lowest BCUT2D eigenvalue weighted by atomic mass is 10.0. The lowest BCUT2D eigenvalue weighted by Gasteiger charge is -2.00. The van der Waals surface area contributed by atoms with Crippen LogP contribution in [0.5, 0.6) is 0 Å². The second-order valence-corrected chi connectivity index (χ2v) is 8.36. The molecule has 0 N–H and O–H groups in total. The summed E-state index contributed by atoms with van der Waals surface area (Å²) in [6.07, 6.45) is 0. The molecular weight excluding hydrogens is 368 g/mol. The molecule has 0 radical (unpaired) electrons. The van der Waals surface area contributed by atoms with Gasteiger partial charge in [-0.1, -0.05) is 59.7 Å². The summed E-state index contributed by atoms with van der Waals surface area (Å²) in [5.74, 6) is 0. The molecule has 0 saturated heterocycles. The summed E-state index contributed by atoms with van der Waals surface area (Å²) in [5.41, 5.74) is 6.01. The van der Waals surface area contributed by atoms with E-state index >= 15 is 0 Å². The minimum absolute atomic E-state index is 0.826. The molecule has 2 heteroatoms. The third kappa shape index (κ3) is 1.98. The Labute approximate surface area is 172 Å². The van der Waals surface area contributed by atoms with Crippen LogP contribution < -0.4 is 0 Å². The van der Waals surface area contributed by atoms with Gasteiger partial charge in [0.15, 0.2) is 11.2 Å². The summed E-state index contributed by atoms with van der Waals surface area (Å²) in [5, 5.41) is 9.12. The fourth-order valence-corrected chi connectivity index (χ4v) is 4.88. The minimum Gasteiger partial charge on any atom is -0.451 e. The van der Waals surface area contributed by atoms with Gasteiger partial charge in [0, 0.05) is 32.3 Å². The lowest BCUT2D eigenvalue weighted by molar-refractivity contribution is 0.637. The monoisotopic (exact) mass is 386 g/mol. The molecule has 5 aromatic carbocycles. The van der Waals surface area contributed by atoms with Crippen molar-refractivity contribution in [2.75, 3.05) is 0 Å². The minimum atomic E-state index is 0.826. The largest absolute Gasteiger partial charge is 0.451 e. The fourth-order valence-electron chi connectivity index (χ4n) is 4.88. The molecule has 0 fully saturated rings. The highest BCUT2D eigenvalue weighted by atomic mass is 16.4. The summed E-state index contributed by atoms with van der Waals surface area (Å²) in [6.45, 7) is 4.23. The first-order chi connectivity index (χ1) is 14.7. The molecule has 0 bridgehead atoms. The van der Waals surface area contributed by atoms with Crippen molar-refractivity contribution in [3.8, 4) is 0 Å². The first-order valence-corrected chi connectivity index (χ1v) is 10.3. The highest BCUT2D eigenvalue weighted by molar-refractivity contribution is 6.24. The SMILES string of the molecule is Cc1ccc2c(ccc3c4ccc5c6ccc7cc(C)ccc7c6oc5c4oc23)c1. The smallest absolute Gasteiger partial charge is 0.178 e. The normalized spacial score (nSPS) is 12.3. The van der Waals surface area contributed by atoms with Crippen molar-refractivity contribution >= 4 is 65.4 Å². The van der Waals surface area contributed by atoms with E-state index in [1.165, 1.54) is 21.9 Å². The summed E-state index contributed by atoms with van der Waals surface area (Å²) in [6, 6.07) is 26.0. The molecule has 30 heavy (non-hydrogen) atoms. The molecule has 2 heterocycles. The molecule has 2 aromatic heterocycles. The average molecular weight is 386 g/mol. The number of rotatable bonds is 0. The quantitative estimate of drug-likeness (QED) is 0.261. The van der Waals surface area contributed by atoms with Crippen LogP contribution in [0.15, 0.2) is 81.6 Å². The van der Waals surface area contributed by atoms with Crippen molar-refractivity contribution in [3.63, 3.8) is 0 Å². The third-order valence-corrected chi connectivity index (χ3v) is 6.35. The molecule has 7 rings (SSSR count). The predicted octanol–water partition coefficient (Wildman–Crippen LogP) is 8.41. The van der Waals surface area contributed by atoms with Gasteiger partial charge in [0.05, 0.1) is 0 Å². The molecule has 0 atom stereocenters. The Hall–Kier alpha value is -3.78. The lowest BCUT2D eigenvalue weighted by Crippen LogP contribution is -1.76. The van der Waals surface area contributed by atoms with Crippen LogP contribution in [-0.4, -0.2) is 0 Å². The van der Waals surface area contributed by atoms with Crippen LogP contribution in [0, 0.1) is 13.8 Å². The van der Waals surface area contributed by atoms with Crippen molar-refractivity contribution in [3.05, 3.63) is 83.9 Å². The van der Waals surface area contributed by atoms with E-state index in [0.717, 1.165) is 54.6 Å². The van der Waals surface area contributed by atoms with Crippen LogP contribution in [0.25, 0.3) is 65.4 Å². The van der Waals surface area contributed by atoms with E-state index in [1.54, 1.807) is 0 Å². The van der Waals surface area contributed by atoms with E-state index in [2.05, 4.69) is 86.6 Å². The Morgan fingerprint density at radius 3 is 1.23 bits per heavy atom. The molecule has 2 nitrogen and oxygen atoms in total. The van der Waals surface area contributed by atoms with Gasteiger partial charge in [-0.25, -0.2) is 0 Å². The molecule has 7 aromatic rings. The molecule has 0 aliphatic carbocycles. The van der Waals surface area contributed by atoms with E-state index in [9.17, 15) is 0 Å². The first kappa shape index (κ1) is 16.1. The number of fused-ring (bicyclic) bond motifs is 11. The number of benzene rings is 5. The highest BCUT2D eigenvalue weighted by Crippen LogP contribution is 2.42. The highest BCUT2D eigenvalue weighted by Gasteiger charge is 2.18. The molecule has 0 saturated carbocycles. The number of hydrogen-bond acceptors (Lipinski definition) is 2. The second-order valence-electron chi connectivity index (χ2n) is 8.36. The second kappa shape index (κ2) is 5.43. The zero-order valence-corrected chi connectivity index (χ0v) is 16.7. The van der Waals surface area contributed by atoms with Crippen LogP contribution in [0.1, 0.15) is 11.1 Å². The Kier molecular flexibility index (Phi) is 2.91. The Morgan fingerprint density at radius 1 is 0.400 bits per heavy atom. The van der Waals surface area contributed by atoms with Crippen LogP contribution in [0.2, 0.25) is 0 Å². The van der Waals surface area contributed by atoms with Gasteiger partial charge < -0.3 is 8.83 Å². The van der Waals surface area contributed by atoms with Gasteiger partial charge >= 0.3 is 0 Å². The van der Waals surface area contributed by atoms with Crippen molar-refractivity contribution in [1.29, 1.82) is 0 Å². The predicted molar refractivity (Wildman–Crippen MR) is 125 cm³/mol. The van der Waals surface area contributed by atoms with Gasteiger partial charge in [-0.3, -0.25) is 0 Å². The summed E-state index contributed by atoms with van der Waals surface area (Å²) in [7, 11) is 0. The zero-order chi connectivity index (χ0) is 20.0. The van der Waals surface area contributed by atoms with Gasteiger partial charge in [0.2, 0.25) is 0 Å². The summed E-state index contributed by atoms with van der Waals surface area (Å²) >= 11 is 0. The van der Waals surface area contributed by atoms with Gasteiger partial charge in [-0.15, -0.1) is 0 Å². The van der Waals surface area contributed by atoms with E-state index in [-0.39, 0.29) is 0 Å². The topological polar surface area (TPSA) is 26.3 Å². The number of hydrogen-bond donors (Lipinski definition) is 0. The van der Waals surface area contributed by atoms with Crippen molar-refractivity contribution in [2.45, 2.75) is 13.8 Å². The van der Waals surface area contributed by atoms with Crippen molar-refractivity contribution < 1.29 is 8.83 Å². The third-order valence-electron chi connectivity index (χ3n) is 6.35. The number of furan rings is 2. The summed E-state index contributed by atoms with van der Waals surface area (Å²) < 4.78 is 13.0. The fraction of sp³-hybridized carbons (Fsp3) is 0.0714.